The molecule has 1 aromatic heterocycles. The molecule has 1 atom stereocenters. The van der Waals surface area contributed by atoms with Crippen LogP contribution in [0.4, 0.5) is 0 Å². The molecule has 3 rings (SSSR count). The molecule has 0 bridgehead atoms. The highest BCUT2D eigenvalue weighted by molar-refractivity contribution is 5.89. The summed E-state index contributed by atoms with van der Waals surface area (Å²) in [6, 6.07) is 14.4. The summed E-state index contributed by atoms with van der Waals surface area (Å²) in [6.07, 6.45) is 3.82. The van der Waals surface area contributed by atoms with Gasteiger partial charge in [-0.3, -0.25) is 4.79 Å². The quantitative estimate of drug-likeness (QED) is 0.700. The fourth-order valence-corrected chi connectivity index (χ4v) is 2.90. The van der Waals surface area contributed by atoms with E-state index in [9.17, 15) is 9.90 Å². The Labute approximate surface area is 141 Å². The minimum absolute atomic E-state index is 0.0504. The Balaban J connectivity index is 2.06. The molecule has 1 heterocycles. The largest absolute Gasteiger partial charge is 0.508 e. The molecule has 0 unspecified atom stereocenters. The molecule has 0 radical (unpaired) electrons. The van der Waals surface area contributed by atoms with Crippen molar-refractivity contribution in [1.82, 2.24) is 5.32 Å². The molecule has 124 valence electrons. The Kier molecular flexibility index (Phi) is 4.85. The monoisotopic (exact) mass is 323 g/mol. The van der Waals surface area contributed by atoms with E-state index in [0.29, 0.717) is 17.7 Å². The second kappa shape index (κ2) is 7.21. The Hall–Kier alpha value is -2.75. The SMILES string of the molecule is CCCCC(=O)N[C@H](c1ccco1)c1c(O)ccc2ccccc12. The first-order valence-electron chi connectivity index (χ1n) is 8.24. The molecule has 0 fully saturated rings. The van der Waals surface area contributed by atoms with Crippen LogP contribution in [-0.4, -0.2) is 11.0 Å². The lowest BCUT2D eigenvalue weighted by Gasteiger charge is -2.20. The van der Waals surface area contributed by atoms with E-state index >= 15 is 0 Å². The number of furan rings is 1. The molecule has 0 saturated carbocycles. The van der Waals surface area contributed by atoms with Gasteiger partial charge in [-0.1, -0.05) is 43.7 Å². The molecule has 2 N–H and O–H groups in total. The fraction of sp³-hybridized carbons (Fsp3) is 0.250. The molecule has 0 aliphatic rings. The number of hydrogen-bond donors (Lipinski definition) is 2. The van der Waals surface area contributed by atoms with E-state index in [2.05, 4.69) is 5.32 Å². The van der Waals surface area contributed by atoms with Gasteiger partial charge in [0.1, 0.15) is 17.6 Å². The van der Waals surface area contributed by atoms with Crippen LogP contribution in [0.3, 0.4) is 0 Å². The molecule has 4 heteroatoms. The number of carbonyl (C=O) groups excluding carboxylic acids is 1. The zero-order valence-electron chi connectivity index (χ0n) is 13.7. The van der Waals surface area contributed by atoms with Gasteiger partial charge in [-0.2, -0.15) is 0 Å². The van der Waals surface area contributed by atoms with E-state index < -0.39 is 6.04 Å². The van der Waals surface area contributed by atoms with E-state index in [1.165, 1.54) is 0 Å². The molecule has 0 saturated heterocycles. The van der Waals surface area contributed by atoms with Crippen LogP contribution in [0.15, 0.2) is 59.2 Å². The molecule has 0 spiro atoms. The van der Waals surface area contributed by atoms with Gasteiger partial charge in [0.05, 0.1) is 6.26 Å². The zero-order chi connectivity index (χ0) is 16.9. The van der Waals surface area contributed by atoms with E-state index in [0.717, 1.165) is 23.6 Å². The lowest BCUT2D eigenvalue weighted by molar-refractivity contribution is -0.121. The van der Waals surface area contributed by atoms with Crippen molar-refractivity contribution in [2.45, 2.75) is 32.2 Å². The Morgan fingerprint density at radius 3 is 2.75 bits per heavy atom. The Bertz CT molecular complexity index is 824. The first kappa shape index (κ1) is 16.1. The van der Waals surface area contributed by atoms with E-state index in [4.69, 9.17) is 4.42 Å². The van der Waals surface area contributed by atoms with Crippen LogP contribution in [0.1, 0.15) is 43.6 Å². The number of aromatic hydroxyl groups is 1. The maximum atomic E-state index is 12.3. The van der Waals surface area contributed by atoms with Crippen molar-refractivity contribution in [3.63, 3.8) is 0 Å². The fourth-order valence-electron chi connectivity index (χ4n) is 2.90. The van der Waals surface area contributed by atoms with Crippen LogP contribution in [0.25, 0.3) is 10.8 Å². The van der Waals surface area contributed by atoms with Crippen molar-refractivity contribution in [2.75, 3.05) is 0 Å². The Morgan fingerprint density at radius 2 is 2.00 bits per heavy atom. The molecule has 0 aliphatic heterocycles. The van der Waals surface area contributed by atoms with Gasteiger partial charge < -0.3 is 14.8 Å². The zero-order valence-corrected chi connectivity index (χ0v) is 13.7. The third-order valence-electron chi connectivity index (χ3n) is 4.13. The molecule has 0 aliphatic carbocycles. The summed E-state index contributed by atoms with van der Waals surface area (Å²) in [5.74, 6) is 0.697. The normalized spacial score (nSPS) is 12.2. The third-order valence-corrected chi connectivity index (χ3v) is 4.13. The van der Waals surface area contributed by atoms with Gasteiger partial charge in [-0.25, -0.2) is 0 Å². The van der Waals surface area contributed by atoms with Gasteiger partial charge in [-0.15, -0.1) is 0 Å². The average Bonchev–Trinajstić information content (AvgIpc) is 3.13. The van der Waals surface area contributed by atoms with Gasteiger partial charge in [0.2, 0.25) is 5.91 Å². The first-order chi connectivity index (χ1) is 11.7. The second-order valence-corrected chi connectivity index (χ2v) is 5.84. The summed E-state index contributed by atoms with van der Waals surface area (Å²) in [4.78, 5) is 12.3. The molecule has 3 aromatic rings. The topological polar surface area (TPSA) is 62.5 Å². The number of amides is 1. The third kappa shape index (κ3) is 3.27. The number of phenols is 1. The molecular weight excluding hydrogens is 302 g/mol. The highest BCUT2D eigenvalue weighted by Gasteiger charge is 2.24. The number of benzene rings is 2. The lowest BCUT2D eigenvalue weighted by Crippen LogP contribution is -2.29. The first-order valence-corrected chi connectivity index (χ1v) is 8.24. The lowest BCUT2D eigenvalue weighted by atomic mass is 9.95. The summed E-state index contributed by atoms with van der Waals surface area (Å²) < 4.78 is 5.53. The predicted molar refractivity (Wildman–Crippen MR) is 93.8 cm³/mol. The summed E-state index contributed by atoms with van der Waals surface area (Å²) in [5, 5.41) is 15.4. The maximum absolute atomic E-state index is 12.3. The van der Waals surface area contributed by atoms with Crippen molar-refractivity contribution in [1.29, 1.82) is 0 Å². The van der Waals surface area contributed by atoms with Crippen LogP contribution in [0, 0.1) is 0 Å². The number of nitrogens with one attached hydrogen (secondary N) is 1. The van der Waals surface area contributed by atoms with Crippen molar-refractivity contribution in [2.24, 2.45) is 0 Å². The minimum atomic E-state index is -0.518. The van der Waals surface area contributed by atoms with Crippen LogP contribution in [0.2, 0.25) is 0 Å². The molecule has 4 nitrogen and oxygen atoms in total. The number of phenolic OH excluding ortho intramolecular Hbond substituents is 1. The smallest absolute Gasteiger partial charge is 0.220 e. The van der Waals surface area contributed by atoms with Gasteiger partial charge in [0.15, 0.2) is 0 Å². The van der Waals surface area contributed by atoms with Gasteiger partial charge in [0.25, 0.3) is 0 Å². The van der Waals surface area contributed by atoms with Crippen LogP contribution >= 0.6 is 0 Å². The average molecular weight is 323 g/mol. The summed E-state index contributed by atoms with van der Waals surface area (Å²) in [6.45, 7) is 2.05. The van der Waals surface area contributed by atoms with Crippen LogP contribution in [-0.2, 0) is 4.79 Å². The van der Waals surface area contributed by atoms with Gasteiger partial charge in [-0.05, 0) is 35.4 Å². The summed E-state index contributed by atoms with van der Waals surface area (Å²) in [5.41, 5.74) is 0.660. The highest BCUT2D eigenvalue weighted by atomic mass is 16.3. The van der Waals surface area contributed by atoms with Crippen LogP contribution in [0.5, 0.6) is 5.75 Å². The predicted octanol–water partition coefficient (Wildman–Crippen LogP) is 4.53. The van der Waals surface area contributed by atoms with E-state index in [-0.39, 0.29) is 11.7 Å². The summed E-state index contributed by atoms with van der Waals surface area (Å²) >= 11 is 0. The molecule has 1 amide bonds. The Morgan fingerprint density at radius 1 is 1.17 bits per heavy atom. The van der Waals surface area contributed by atoms with Crippen LogP contribution < -0.4 is 5.32 Å². The van der Waals surface area contributed by atoms with Crippen molar-refractivity contribution >= 4 is 16.7 Å². The number of carbonyl (C=O) groups is 1. The molecule has 2 aromatic carbocycles. The van der Waals surface area contributed by atoms with Crippen molar-refractivity contribution in [3.05, 3.63) is 66.1 Å². The summed E-state index contributed by atoms with van der Waals surface area (Å²) in [7, 11) is 0. The van der Waals surface area contributed by atoms with E-state index in [1.54, 1.807) is 18.4 Å². The van der Waals surface area contributed by atoms with E-state index in [1.807, 2.05) is 43.3 Å². The number of unbranched alkanes of at least 4 members (excludes halogenated alkanes) is 1. The molecule has 24 heavy (non-hydrogen) atoms. The van der Waals surface area contributed by atoms with Gasteiger partial charge in [0, 0.05) is 12.0 Å². The highest BCUT2D eigenvalue weighted by Crippen LogP contribution is 2.36. The number of rotatable bonds is 6. The number of fused-ring (bicyclic) bond motifs is 1. The standard InChI is InChI=1S/C20H21NO3/c1-2-3-10-18(23)21-20(17-9-6-13-24-17)19-15-8-5-4-7-14(15)11-12-16(19)22/h4-9,11-13,20,22H,2-3,10H2,1H3,(H,21,23)/t20-/m1/s1. The molecular formula is C20H21NO3. The number of hydrogen-bond acceptors (Lipinski definition) is 3. The maximum Gasteiger partial charge on any atom is 0.220 e. The van der Waals surface area contributed by atoms with Crippen molar-refractivity contribution in [3.8, 4) is 5.75 Å². The second-order valence-electron chi connectivity index (χ2n) is 5.84. The van der Waals surface area contributed by atoms with Crippen molar-refractivity contribution < 1.29 is 14.3 Å². The minimum Gasteiger partial charge on any atom is -0.508 e. The van der Waals surface area contributed by atoms with Gasteiger partial charge >= 0.3 is 0 Å².